The highest BCUT2D eigenvalue weighted by atomic mass is 19.4. The van der Waals surface area contributed by atoms with Crippen molar-refractivity contribution in [3.63, 3.8) is 0 Å². The highest BCUT2D eigenvalue weighted by molar-refractivity contribution is 5.92. The third-order valence-corrected chi connectivity index (χ3v) is 3.76. The maximum atomic E-state index is 12.6. The molecule has 4 nitrogen and oxygen atoms in total. The van der Waals surface area contributed by atoms with E-state index in [9.17, 15) is 18.0 Å². The summed E-state index contributed by atoms with van der Waals surface area (Å²) >= 11 is 0. The first-order valence-electron chi connectivity index (χ1n) is 7.92. The van der Waals surface area contributed by atoms with Crippen molar-refractivity contribution >= 4 is 11.6 Å². The number of nitrogens with one attached hydrogen (secondary N) is 1. The molecule has 0 spiro atoms. The van der Waals surface area contributed by atoms with Crippen LogP contribution in [0.25, 0.3) is 0 Å². The first-order chi connectivity index (χ1) is 12.4. The van der Waals surface area contributed by atoms with Gasteiger partial charge in [0.15, 0.2) is 0 Å². The van der Waals surface area contributed by atoms with Crippen LogP contribution in [0.15, 0.2) is 67.0 Å². The van der Waals surface area contributed by atoms with Crippen molar-refractivity contribution in [2.45, 2.75) is 19.1 Å². The lowest BCUT2D eigenvalue weighted by Crippen LogP contribution is -2.15. The quantitative estimate of drug-likeness (QED) is 0.745. The van der Waals surface area contributed by atoms with Gasteiger partial charge in [-0.1, -0.05) is 24.3 Å². The average molecular weight is 359 g/mol. The van der Waals surface area contributed by atoms with Gasteiger partial charge in [0.2, 0.25) is 5.91 Å². The zero-order chi connectivity index (χ0) is 18.6. The van der Waals surface area contributed by atoms with E-state index < -0.39 is 11.7 Å². The number of hydrogen-bond donors (Lipinski definition) is 1. The zero-order valence-electron chi connectivity index (χ0n) is 13.7. The third-order valence-electron chi connectivity index (χ3n) is 3.76. The predicted molar refractivity (Wildman–Crippen MR) is 91.5 cm³/mol. The highest BCUT2D eigenvalue weighted by Crippen LogP contribution is 2.29. The van der Waals surface area contributed by atoms with Gasteiger partial charge in [0.25, 0.3) is 0 Å². The van der Waals surface area contributed by atoms with Crippen LogP contribution in [0, 0.1) is 0 Å². The maximum absolute atomic E-state index is 12.6. The van der Waals surface area contributed by atoms with Crippen molar-refractivity contribution in [2.75, 3.05) is 5.32 Å². The molecule has 0 radical (unpaired) electrons. The Hall–Kier alpha value is -3.09. The number of benzene rings is 2. The van der Waals surface area contributed by atoms with E-state index in [-0.39, 0.29) is 12.3 Å². The fraction of sp³-hybridized carbons (Fsp3) is 0.158. The van der Waals surface area contributed by atoms with E-state index in [0.717, 1.165) is 17.7 Å². The molecule has 1 amide bonds. The lowest BCUT2D eigenvalue weighted by Gasteiger charge is -2.09. The molecule has 0 bridgehead atoms. The Morgan fingerprint density at radius 1 is 1.04 bits per heavy atom. The van der Waals surface area contributed by atoms with E-state index in [1.807, 2.05) is 30.5 Å². The molecule has 3 aromatic rings. The number of carbonyl (C=O) groups is 1. The smallest absolute Gasteiger partial charge is 0.326 e. The van der Waals surface area contributed by atoms with Crippen LogP contribution in [0.3, 0.4) is 0 Å². The summed E-state index contributed by atoms with van der Waals surface area (Å²) in [4.78, 5) is 12.1. The molecule has 1 heterocycles. The number of aromatic nitrogens is 2. The monoisotopic (exact) mass is 359 g/mol. The minimum Gasteiger partial charge on any atom is -0.326 e. The topological polar surface area (TPSA) is 46.9 Å². The van der Waals surface area contributed by atoms with E-state index in [2.05, 4.69) is 10.4 Å². The minimum absolute atomic E-state index is 0.00151. The van der Waals surface area contributed by atoms with Crippen LogP contribution < -0.4 is 5.32 Å². The number of anilines is 1. The van der Waals surface area contributed by atoms with E-state index in [1.54, 1.807) is 16.9 Å². The second-order valence-corrected chi connectivity index (χ2v) is 5.82. The standard InChI is InChI=1S/C19H16F3N3O/c20-19(21,22)16-7-5-14(6-8-16)12-18(26)24-17-4-1-3-15(11-17)13-25-10-2-9-23-25/h1-11H,12-13H2,(H,24,26). The van der Waals surface area contributed by atoms with E-state index in [1.165, 1.54) is 12.1 Å². The van der Waals surface area contributed by atoms with Gasteiger partial charge in [-0.15, -0.1) is 0 Å². The Morgan fingerprint density at radius 2 is 1.81 bits per heavy atom. The van der Waals surface area contributed by atoms with Gasteiger partial charge in [-0.3, -0.25) is 9.48 Å². The summed E-state index contributed by atoms with van der Waals surface area (Å²) in [5.41, 5.74) is 1.39. The van der Waals surface area contributed by atoms with Crippen molar-refractivity contribution in [3.05, 3.63) is 83.7 Å². The van der Waals surface area contributed by atoms with Gasteiger partial charge >= 0.3 is 6.18 Å². The SMILES string of the molecule is O=C(Cc1ccc(C(F)(F)F)cc1)Nc1cccc(Cn2cccn2)c1. The molecule has 1 N–H and O–H groups in total. The first kappa shape index (κ1) is 17.7. The Labute approximate surface area is 148 Å². The molecule has 0 fully saturated rings. The fourth-order valence-electron chi connectivity index (χ4n) is 2.53. The van der Waals surface area contributed by atoms with Gasteiger partial charge in [-0.2, -0.15) is 18.3 Å². The summed E-state index contributed by atoms with van der Waals surface area (Å²) in [5, 5.41) is 6.90. The second-order valence-electron chi connectivity index (χ2n) is 5.82. The Morgan fingerprint density at radius 3 is 2.46 bits per heavy atom. The molecule has 0 aliphatic carbocycles. The van der Waals surface area contributed by atoms with Gasteiger partial charge in [0, 0.05) is 18.1 Å². The highest BCUT2D eigenvalue weighted by Gasteiger charge is 2.29. The molecule has 2 aromatic carbocycles. The average Bonchev–Trinajstić information content (AvgIpc) is 3.07. The molecule has 3 rings (SSSR count). The summed E-state index contributed by atoms with van der Waals surface area (Å²) in [5.74, 6) is -0.291. The van der Waals surface area contributed by atoms with Gasteiger partial charge in [-0.05, 0) is 41.5 Å². The van der Waals surface area contributed by atoms with Gasteiger partial charge in [0.1, 0.15) is 0 Å². The Balaban J connectivity index is 1.61. The Bertz CT molecular complexity index is 872. The lowest BCUT2D eigenvalue weighted by molar-refractivity contribution is -0.137. The number of alkyl halides is 3. The molecule has 0 saturated heterocycles. The van der Waals surface area contributed by atoms with Gasteiger partial charge < -0.3 is 5.32 Å². The van der Waals surface area contributed by atoms with Crippen molar-refractivity contribution < 1.29 is 18.0 Å². The fourth-order valence-corrected chi connectivity index (χ4v) is 2.53. The second kappa shape index (κ2) is 7.43. The van der Waals surface area contributed by atoms with E-state index >= 15 is 0 Å². The molecular weight excluding hydrogens is 343 g/mol. The molecule has 134 valence electrons. The molecule has 0 atom stereocenters. The van der Waals surface area contributed by atoms with Gasteiger partial charge in [0.05, 0.1) is 18.5 Å². The predicted octanol–water partition coefficient (Wildman–Crippen LogP) is 4.13. The number of nitrogens with zero attached hydrogens (tertiary/aromatic N) is 2. The molecule has 0 unspecified atom stereocenters. The number of carbonyl (C=O) groups excluding carboxylic acids is 1. The van der Waals surface area contributed by atoms with Crippen LogP contribution in [0.2, 0.25) is 0 Å². The summed E-state index contributed by atoms with van der Waals surface area (Å²) in [6.07, 6.45) is -0.844. The van der Waals surface area contributed by atoms with Crippen LogP contribution >= 0.6 is 0 Å². The van der Waals surface area contributed by atoms with Crippen molar-refractivity contribution in [1.29, 1.82) is 0 Å². The minimum atomic E-state index is -4.38. The Kier molecular flexibility index (Phi) is 5.06. The van der Waals surface area contributed by atoms with Crippen LogP contribution in [-0.4, -0.2) is 15.7 Å². The number of hydrogen-bond acceptors (Lipinski definition) is 2. The van der Waals surface area contributed by atoms with Crippen LogP contribution in [-0.2, 0) is 23.9 Å². The third kappa shape index (κ3) is 4.72. The molecule has 0 aliphatic rings. The molecule has 0 aliphatic heterocycles. The van der Waals surface area contributed by atoms with Crippen molar-refractivity contribution in [3.8, 4) is 0 Å². The van der Waals surface area contributed by atoms with Crippen LogP contribution in [0.4, 0.5) is 18.9 Å². The normalized spacial score (nSPS) is 11.3. The van der Waals surface area contributed by atoms with Crippen molar-refractivity contribution in [1.82, 2.24) is 9.78 Å². The zero-order valence-corrected chi connectivity index (χ0v) is 13.7. The van der Waals surface area contributed by atoms with Crippen LogP contribution in [0.5, 0.6) is 0 Å². The summed E-state index contributed by atoms with van der Waals surface area (Å²) in [6.45, 7) is 0.579. The largest absolute Gasteiger partial charge is 0.416 e. The summed E-state index contributed by atoms with van der Waals surface area (Å²) < 4.78 is 39.4. The first-order valence-corrected chi connectivity index (χ1v) is 7.92. The molecule has 0 saturated carbocycles. The lowest BCUT2D eigenvalue weighted by atomic mass is 10.1. The summed E-state index contributed by atoms with van der Waals surface area (Å²) in [7, 11) is 0. The number of rotatable bonds is 5. The van der Waals surface area contributed by atoms with Crippen molar-refractivity contribution in [2.24, 2.45) is 0 Å². The summed E-state index contributed by atoms with van der Waals surface area (Å²) in [6, 6.07) is 13.8. The molecular formula is C19H16F3N3O. The molecule has 7 heteroatoms. The van der Waals surface area contributed by atoms with E-state index in [4.69, 9.17) is 0 Å². The molecule has 26 heavy (non-hydrogen) atoms. The number of amides is 1. The van der Waals surface area contributed by atoms with Gasteiger partial charge in [-0.25, -0.2) is 0 Å². The maximum Gasteiger partial charge on any atom is 0.416 e. The molecule has 1 aromatic heterocycles. The van der Waals surface area contributed by atoms with E-state index in [0.29, 0.717) is 17.8 Å². The number of halogens is 3. The van der Waals surface area contributed by atoms with Crippen LogP contribution in [0.1, 0.15) is 16.7 Å².